The number of furan rings is 1. The maximum atomic E-state index is 5.41. The van der Waals surface area contributed by atoms with Crippen molar-refractivity contribution in [2.45, 2.75) is 39.2 Å². The van der Waals surface area contributed by atoms with Crippen molar-refractivity contribution in [3.63, 3.8) is 0 Å². The normalized spacial score (nSPS) is 12.2. The van der Waals surface area contributed by atoms with Gasteiger partial charge >= 0.3 is 0 Å². The highest BCUT2D eigenvalue weighted by Crippen LogP contribution is 2.17. The summed E-state index contributed by atoms with van der Waals surface area (Å²) in [5.74, 6) is 2.73. The van der Waals surface area contributed by atoms with Gasteiger partial charge in [-0.3, -0.25) is 4.99 Å². The third-order valence-electron chi connectivity index (χ3n) is 4.08. The molecule has 0 aliphatic carbocycles. The molecule has 6 heteroatoms. The number of para-hydroxylation sites is 1. The average Bonchev–Trinajstić information content (AvgIpc) is 3.15. The fraction of sp³-hybridized carbons (Fsp3) is 0.450. The number of hydrogen-bond donors (Lipinski definition) is 2. The van der Waals surface area contributed by atoms with E-state index in [2.05, 4.69) is 35.5 Å². The van der Waals surface area contributed by atoms with Crippen LogP contribution >= 0.6 is 24.0 Å². The molecule has 0 amide bonds. The first-order chi connectivity index (χ1) is 12.2. The number of halogens is 1. The molecule has 1 aromatic carbocycles. The van der Waals surface area contributed by atoms with Crippen molar-refractivity contribution in [3.8, 4) is 5.75 Å². The molecule has 0 aliphatic heterocycles. The second kappa shape index (κ2) is 12.6. The molecular formula is C20H30IN3O2. The van der Waals surface area contributed by atoms with Crippen molar-refractivity contribution < 1.29 is 9.15 Å². The predicted molar refractivity (Wildman–Crippen MR) is 118 cm³/mol. The second-order valence-electron chi connectivity index (χ2n) is 6.00. The summed E-state index contributed by atoms with van der Waals surface area (Å²) in [6.07, 6.45) is 4.42. The molecule has 2 N–H and O–H groups in total. The van der Waals surface area contributed by atoms with E-state index in [1.54, 1.807) is 13.4 Å². The zero-order chi connectivity index (χ0) is 17.9. The molecule has 1 aromatic heterocycles. The minimum Gasteiger partial charge on any atom is -0.496 e. The fourth-order valence-corrected chi connectivity index (χ4v) is 2.45. The predicted octanol–water partition coefficient (Wildman–Crippen LogP) is 4.03. The van der Waals surface area contributed by atoms with Crippen LogP contribution in [0.2, 0.25) is 0 Å². The quantitative estimate of drug-likeness (QED) is 0.330. The molecule has 2 aromatic rings. The number of hydrogen-bond acceptors (Lipinski definition) is 3. The summed E-state index contributed by atoms with van der Waals surface area (Å²) < 4.78 is 10.8. The minimum atomic E-state index is 0. The van der Waals surface area contributed by atoms with E-state index in [1.807, 2.05) is 30.3 Å². The number of aliphatic imine (C=N–C) groups is 1. The van der Waals surface area contributed by atoms with E-state index >= 15 is 0 Å². The third kappa shape index (κ3) is 7.68. The molecule has 0 saturated heterocycles. The van der Waals surface area contributed by atoms with Gasteiger partial charge in [-0.05, 0) is 43.5 Å². The molecule has 144 valence electrons. The van der Waals surface area contributed by atoms with Crippen molar-refractivity contribution in [1.82, 2.24) is 10.6 Å². The number of ether oxygens (including phenoxy) is 1. The van der Waals surface area contributed by atoms with Crippen LogP contribution in [-0.2, 0) is 12.8 Å². The Bertz CT molecular complexity index is 644. The molecule has 0 radical (unpaired) electrons. The lowest BCUT2D eigenvalue weighted by atomic mass is 10.1. The Kier molecular flexibility index (Phi) is 10.8. The summed E-state index contributed by atoms with van der Waals surface area (Å²) in [5.41, 5.74) is 1.19. The van der Waals surface area contributed by atoms with E-state index in [1.165, 1.54) is 5.56 Å². The van der Waals surface area contributed by atoms with Crippen molar-refractivity contribution in [3.05, 3.63) is 54.0 Å². The summed E-state index contributed by atoms with van der Waals surface area (Å²) in [7, 11) is 1.71. The van der Waals surface area contributed by atoms with Gasteiger partial charge in [-0.1, -0.05) is 25.1 Å². The zero-order valence-corrected chi connectivity index (χ0v) is 18.2. The molecule has 0 aliphatic rings. The van der Waals surface area contributed by atoms with Gasteiger partial charge in [0.25, 0.3) is 0 Å². The number of methoxy groups -OCH3 is 1. The van der Waals surface area contributed by atoms with Gasteiger partial charge in [-0.25, -0.2) is 0 Å². The van der Waals surface area contributed by atoms with Gasteiger partial charge in [0, 0.05) is 25.6 Å². The average molecular weight is 471 g/mol. The number of guanidine groups is 1. The van der Waals surface area contributed by atoms with E-state index in [0.717, 1.165) is 43.3 Å². The molecule has 0 fully saturated rings. The highest BCUT2D eigenvalue weighted by atomic mass is 127. The Labute approximate surface area is 173 Å². The van der Waals surface area contributed by atoms with E-state index < -0.39 is 0 Å². The Balaban J connectivity index is 0.00000338. The van der Waals surface area contributed by atoms with E-state index in [9.17, 15) is 0 Å². The monoisotopic (exact) mass is 471 g/mol. The summed E-state index contributed by atoms with van der Waals surface area (Å²) in [4.78, 5) is 4.66. The van der Waals surface area contributed by atoms with Gasteiger partial charge in [0.15, 0.2) is 5.96 Å². The Morgan fingerprint density at radius 1 is 1.19 bits per heavy atom. The Morgan fingerprint density at radius 2 is 2.00 bits per heavy atom. The van der Waals surface area contributed by atoms with Crippen molar-refractivity contribution in [2.75, 3.05) is 20.2 Å². The number of nitrogens with zero attached hydrogens (tertiary/aromatic N) is 1. The molecule has 5 nitrogen and oxygen atoms in total. The molecule has 2 rings (SSSR count). The molecule has 0 spiro atoms. The topological polar surface area (TPSA) is 58.8 Å². The van der Waals surface area contributed by atoms with E-state index in [0.29, 0.717) is 12.6 Å². The summed E-state index contributed by atoms with van der Waals surface area (Å²) in [6, 6.07) is 12.4. The van der Waals surface area contributed by atoms with Gasteiger partial charge in [0.1, 0.15) is 11.5 Å². The molecular weight excluding hydrogens is 441 g/mol. The molecule has 1 heterocycles. The van der Waals surface area contributed by atoms with Gasteiger partial charge in [0.2, 0.25) is 0 Å². The minimum absolute atomic E-state index is 0. The molecule has 0 bridgehead atoms. The lowest BCUT2D eigenvalue weighted by Crippen LogP contribution is -2.43. The van der Waals surface area contributed by atoms with Crippen LogP contribution < -0.4 is 15.4 Å². The summed E-state index contributed by atoms with van der Waals surface area (Å²) in [5, 5.41) is 6.86. The first-order valence-electron chi connectivity index (χ1n) is 8.92. The maximum absolute atomic E-state index is 5.41. The van der Waals surface area contributed by atoms with Gasteiger partial charge in [-0.15, -0.1) is 24.0 Å². The van der Waals surface area contributed by atoms with Crippen LogP contribution in [0.15, 0.2) is 52.1 Å². The Morgan fingerprint density at radius 3 is 2.69 bits per heavy atom. The molecule has 1 unspecified atom stereocenters. The first-order valence-corrected chi connectivity index (χ1v) is 8.92. The van der Waals surface area contributed by atoms with Crippen LogP contribution in [0.25, 0.3) is 0 Å². The number of benzene rings is 1. The van der Waals surface area contributed by atoms with Crippen molar-refractivity contribution in [1.29, 1.82) is 0 Å². The second-order valence-corrected chi connectivity index (χ2v) is 6.00. The van der Waals surface area contributed by atoms with Crippen LogP contribution in [-0.4, -0.2) is 32.2 Å². The van der Waals surface area contributed by atoms with Crippen LogP contribution in [0.5, 0.6) is 5.75 Å². The van der Waals surface area contributed by atoms with Crippen LogP contribution in [0.4, 0.5) is 0 Å². The summed E-state index contributed by atoms with van der Waals surface area (Å²) in [6.45, 7) is 5.80. The molecule has 1 atom stereocenters. The van der Waals surface area contributed by atoms with E-state index in [-0.39, 0.29) is 24.0 Å². The van der Waals surface area contributed by atoms with Crippen LogP contribution in [0, 0.1) is 0 Å². The summed E-state index contributed by atoms with van der Waals surface area (Å²) >= 11 is 0. The number of rotatable bonds is 9. The smallest absolute Gasteiger partial charge is 0.191 e. The standard InChI is InChI=1S/C20H29N3O2.HI/c1-4-16(2)23-20(22-14-12-18-9-7-15-25-18)21-13-11-17-8-5-6-10-19(17)24-3;/h5-10,15-16H,4,11-14H2,1-3H3,(H2,21,22,23);1H. The lowest BCUT2D eigenvalue weighted by molar-refractivity contribution is 0.409. The highest BCUT2D eigenvalue weighted by molar-refractivity contribution is 14.0. The van der Waals surface area contributed by atoms with Crippen LogP contribution in [0.1, 0.15) is 31.6 Å². The number of nitrogens with one attached hydrogen (secondary N) is 2. The Hall–Kier alpha value is -1.70. The first kappa shape index (κ1) is 22.3. The van der Waals surface area contributed by atoms with Gasteiger partial charge < -0.3 is 19.8 Å². The third-order valence-corrected chi connectivity index (χ3v) is 4.08. The van der Waals surface area contributed by atoms with E-state index in [4.69, 9.17) is 9.15 Å². The highest BCUT2D eigenvalue weighted by Gasteiger charge is 2.05. The largest absolute Gasteiger partial charge is 0.496 e. The van der Waals surface area contributed by atoms with Crippen LogP contribution in [0.3, 0.4) is 0 Å². The van der Waals surface area contributed by atoms with Gasteiger partial charge in [0.05, 0.1) is 13.4 Å². The van der Waals surface area contributed by atoms with Gasteiger partial charge in [-0.2, -0.15) is 0 Å². The van der Waals surface area contributed by atoms with Crippen molar-refractivity contribution >= 4 is 29.9 Å². The van der Waals surface area contributed by atoms with Crippen molar-refractivity contribution in [2.24, 2.45) is 4.99 Å². The molecule has 26 heavy (non-hydrogen) atoms. The molecule has 0 saturated carbocycles. The maximum Gasteiger partial charge on any atom is 0.191 e. The fourth-order valence-electron chi connectivity index (χ4n) is 2.45. The SMILES string of the molecule is CCC(C)NC(=NCCc1ccco1)NCCc1ccccc1OC.I. The zero-order valence-electron chi connectivity index (χ0n) is 15.8. The lowest BCUT2D eigenvalue weighted by Gasteiger charge is -2.17.